The van der Waals surface area contributed by atoms with Crippen LogP contribution in [0.1, 0.15) is 18.1 Å². The number of nitrogens with zero attached hydrogens (tertiary/aromatic N) is 2. The van der Waals surface area contributed by atoms with Gasteiger partial charge in [0, 0.05) is 12.2 Å². The van der Waals surface area contributed by atoms with Crippen LogP contribution in [0.15, 0.2) is 36.7 Å². The maximum absolute atomic E-state index is 5.76. The van der Waals surface area contributed by atoms with E-state index in [1.165, 1.54) is 11.1 Å². The van der Waals surface area contributed by atoms with Gasteiger partial charge in [0.2, 0.25) is 0 Å². The number of aryl methyl sites for hydroxylation is 1. The molecule has 1 aromatic carbocycles. The molecule has 16 heavy (non-hydrogen) atoms. The predicted molar refractivity (Wildman–Crippen MR) is 65.7 cm³/mol. The van der Waals surface area contributed by atoms with Gasteiger partial charge in [-0.1, -0.05) is 17.7 Å². The summed E-state index contributed by atoms with van der Waals surface area (Å²) in [6.07, 6.45) is 4.78. The van der Waals surface area contributed by atoms with Crippen LogP contribution in [0, 0.1) is 6.92 Å². The molecule has 1 unspecified atom stereocenters. The smallest absolute Gasteiger partial charge is 0.0645 e. The largest absolute Gasteiger partial charge is 0.328 e. The Morgan fingerprint density at radius 3 is 2.62 bits per heavy atom. The lowest BCUT2D eigenvalue weighted by molar-refractivity contribution is 0.738. The first-order valence-electron chi connectivity index (χ1n) is 5.51. The van der Waals surface area contributed by atoms with Gasteiger partial charge in [-0.05, 0) is 38.0 Å². The zero-order chi connectivity index (χ0) is 11.5. The minimum absolute atomic E-state index is 0.177. The Morgan fingerprint density at radius 1 is 1.31 bits per heavy atom. The van der Waals surface area contributed by atoms with Gasteiger partial charge in [-0.25, -0.2) is 4.68 Å². The van der Waals surface area contributed by atoms with Gasteiger partial charge in [0.05, 0.1) is 11.9 Å². The Kier molecular flexibility index (Phi) is 3.06. The molecular formula is C13H17N3. The molecule has 0 saturated carbocycles. The minimum Gasteiger partial charge on any atom is -0.328 e. The molecule has 0 amide bonds. The molecule has 84 valence electrons. The van der Waals surface area contributed by atoms with E-state index in [-0.39, 0.29) is 6.04 Å². The molecule has 0 aliphatic rings. The summed E-state index contributed by atoms with van der Waals surface area (Å²) in [7, 11) is 0. The molecule has 0 fully saturated rings. The standard InChI is InChI=1S/C13H17N3/c1-10-3-5-13(6-4-10)16-9-12(8-15-16)7-11(2)14/h3-6,8-9,11H,7,14H2,1-2H3. The first kappa shape index (κ1) is 10.9. The zero-order valence-electron chi connectivity index (χ0n) is 9.72. The molecule has 2 N–H and O–H groups in total. The molecule has 3 heteroatoms. The van der Waals surface area contributed by atoms with E-state index >= 15 is 0 Å². The van der Waals surface area contributed by atoms with E-state index in [1.807, 2.05) is 24.0 Å². The number of rotatable bonds is 3. The van der Waals surface area contributed by atoms with E-state index in [9.17, 15) is 0 Å². The van der Waals surface area contributed by atoms with Crippen LogP contribution in [0.3, 0.4) is 0 Å². The van der Waals surface area contributed by atoms with Crippen LogP contribution < -0.4 is 5.73 Å². The quantitative estimate of drug-likeness (QED) is 0.851. The highest BCUT2D eigenvalue weighted by atomic mass is 15.3. The van der Waals surface area contributed by atoms with Gasteiger partial charge >= 0.3 is 0 Å². The molecule has 3 nitrogen and oxygen atoms in total. The summed E-state index contributed by atoms with van der Waals surface area (Å²) >= 11 is 0. The molecule has 2 rings (SSSR count). The maximum atomic E-state index is 5.76. The molecule has 1 aromatic heterocycles. The Labute approximate surface area is 95.9 Å². The van der Waals surface area contributed by atoms with Crippen molar-refractivity contribution in [1.29, 1.82) is 0 Å². The van der Waals surface area contributed by atoms with E-state index < -0.39 is 0 Å². The fourth-order valence-electron chi connectivity index (χ4n) is 1.68. The second-order valence-corrected chi connectivity index (χ2v) is 4.31. The van der Waals surface area contributed by atoms with Crippen LogP contribution in [-0.4, -0.2) is 15.8 Å². The highest BCUT2D eigenvalue weighted by molar-refractivity contribution is 5.34. The fraction of sp³-hybridized carbons (Fsp3) is 0.308. The summed E-state index contributed by atoms with van der Waals surface area (Å²) in [6.45, 7) is 4.08. The summed E-state index contributed by atoms with van der Waals surface area (Å²) in [5.41, 5.74) is 9.27. The Morgan fingerprint density at radius 2 is 2.00 bits per heavy atom. The van der Waals surface area contributed by atoms with Crippen molar-refractivity contribution in [2.24, 2.45) is 5.73 Å². The highest BCUT2D eigenvalue weighted by Gasteiger charge is 2.02. The molecule has 1 atom stereocenters. The highest BCUT2D eigenvalue weighted by Crippen LogP contribution is 2.10. The summed E-state index contributed by atoms with van der Waals surface area (Å²) < 4.78 is 1.89. The molecule has 0 saturated heterocycles. The van der Waals surface area contributed by atoms with E-state index in [0.29, 0.717) is 0 Å². The van der Waals surface area contributed by atoms with Crippen molar-refractivity contribution in [3.05, 3.63) is 47.8 Å². The van der Waals surface area contributed by atoms with Crippen LogP contribution in [-0.2, 0) is 6.42 Å². The minimum atomic E-state index is 0.177. The Hall–Kier alpha value is -1.61. The number of aromatic nitrogens is 2. The second kappa shape index (κ2) is 4.49. The fourth-order valence-corrected chi connectivity index (χ4v) is 1.68. The van der Waals surface area contributed by atoms with Crippen molar-refractivity contribution >= 4 is 0 Å². The second-order valence-electron chi connectivity index (χ2n) is 4.31. The summed E-state index contributed by atoms with van der Waals surface area (Å²) in [5, 5.41) is 4.33. The average Bonchev–Trinajstić information content (AvgIpc) is 2.66. The lowest BCUT2D eigenvalue weighted by atomic mass is 10.1. The van der Waals surface area contributed by atoms with Crippen molar-refractivity contribution in [2.75, 3.05) is 0 Å². The van der Waals surface area contributed by atoms with Crippen molar-refractivity contribution in [3.8, 4) is 5.69 Å². The van der Waals surface area contributed by atoms with Crippen molar-refractivity contribution in [1.82, 2.24) is 9.78 Å². The summed E-state index contributed by atoms with van der Waals surface area (Å²) in [6, 6.07) is 8.48. The zero-order valence-corrected chi connectivity index (χ0v) is 9.72. The third-order valence-electron chi connectivity index (χ3n) is 2.49. The monoisotopic (exact) mass is 215 g/mol. The molecule has 0 aliphatic carbocycles. The van der Waals surface area contributed by atoms with Gasteiger partial charge in [0.15, 0.2) is 0 Å². The normalized spacial score (nSPS) is 12.7. The predicted octanol–water partition coefficient (Wildman–Crippen LogP) is 2.07. The number of hydrogen-bond donors (Lipinski definition) is 1. The number of nitrogens with two attached hydrogens (primary N) is 1. The lowest BCUT2D eigenvalue weighted by Gasteiger charge is -2.02. The summed E-state index contributed by atoms with van der Waals surface area (Å²) in [4.78, 5) is 0. The molecule has 0 aliphatic heterocycles. The van der Waals surface area contributed by atoms with Crippen LogP contribution >= 0.6 is 0 Å². The van der Waals surface area contributed by atoms with Crippen LogP contribution in [0.2, 0.25) is 0 Å². The van der Waals surface area contributed by atoms with Gasteiger partial charge in [0.25, 0.3) is 0 Å². The summed E-state index contributed by atoms with van der Waals surface area (Å²) in [5.74, 6) is 0. The number of benzene rings is 1. The third-order valence-corrected chi connectivity index (χ3v) is 2.49. The van der Waals surface area contributed by atoms with Crippen molar-refractivity contribution in [3.63, 3.8) is 0 Å². The average molecular weight is 215 g/mol. The van der Waals surface area contributed by atoms with E-state index in [0.717, 1.165) is 12.1 Å². The molecular weight excluding hydrogens is 198 g/mol. The molecule has 0 bridgehead atoms. The first-order chi connectivity index (χ1) is 7.65. The van der Waals surface area contributed by atoms with Crippen molar-refractivity contribution < 1.29 is 0 Å². The van der Waals surface area contributed by atoms with Gasteiger partial charge in [0.1, 0.15) is 0 Å². The third kappa shape index (κ3) is 2.49. The Bertz CT molecular complexity index is 454. The number of hydrogen-bond acceptors (Lipinski definition) is 2. The first-order valence-corrected chi connectivity index (χ1v) is 5.51. The van der Waals surface area contributed by atoms with E-state index in [4.69, 9.17) is 5.73 Å². The van der Waals surface area contributed by atoms with E-state index in [1.54, 1.807) is 0 Å². The van der Waals surface area contributed by atoms with Crippen LogP contribution in [0.4, 0.5) is 0 Å². The van der Waals surface area contributed by atoms with Gasteiger partial charge in [-0.2, -0.15) is 5.10 Å². The molecule has 0 spiro atoms. The maximum Gasteiger partial charge on any atom is 0.0645 e. The molecule has 1 heterocycles. The SMILES string of the molecule is Cc1ccc(-n2cc(CC(C)N)cn2)cc1. The van der Waals surface area contributed by atoms with Crippen molar-refractivity contribution in [2.45, 2.75) is 26.3 Å². The van der Waals surface area contributed by atoms with Gasteiger partial charge in [-0.3, -0.25) is 0 Å². The lowest BCUT2D eigenvalue weighted by Crippen LogP contribution is -2.17. The Balaban J connectivity index is 2.21. The van der Waals surface area contributed by atoms with Gasteiger partial charge < -0.3 is 5.73 Å². The van der Waals surface area contributed by atoms with Gasteiger partial charge in [-0.15, -0.1) is 0 Å². The molecule has 2 aromatic rings. The van der Waals surface area contributed by atoms with E-state index in [2.05, 4.69) is 36.3 Å². The topological polar surface area (TPSA) is 43.8 Å². The molecule has 0 radical (unpaired) electrons. The van der Waals surface area contributed by atoms with Crippen LogP contribution in [0.5, 0.6) is 0 Å². The van der Waals surface area contributed by atoms with Crippen LogP contribution in [0.25, 0.3) is 5.69 Å².